The van der Waals surface area contributed by atoms with Gasteiger partial charge >= 0.3 is 0 Å². The van der Waals surface area contributed by atoms with Crippen LogP contribution < -0.4 is 9.47 Å². The van der Waals surface area contributed by atoms with E-state index in [9.17, 15) is 4.79 Å². The molecule has 1 heterocycles. The third-order valence-electron chi connectivity index (χ3n) is 2.31. The molecule has 0 bridgehead atoms. The van der Waals surface area contributed by atoms with E-state index in [1.807, 2.05) is 0 Å². The van der Waals surface area contributed by atoms with E-state index in [1.165, 1.54) is 11.0 Å². The number of hydrogen-bond donors (Lipinski definition) is 0. The fourth-order valence-electron chi connectivity index (χ4n) is 1.40. The molecule has 0 atom stereocenters. The van der Waals surface area contributed by atoms with Gasteiger partial charge in [-0.2, -0.15) is 0 Å². The molecule has 0 saturated heterocycles. The van der Waals surface area contributed by atoms with Crippen LogP contribution >= 0.6 is 11.6 Å². The molecule has 0 aromatic heterocycles. The van der Waals surface area contributed by atoms with Crippen LogP contribution in [0, 0.1) is 0 Å². The molecule has 0 unspecified atom stereocenters. The van der Waals surface area contributed by atoms with Crippen molar-refractivity contribution in [1.82, 2.24) is 4.90 Å². The Morgan fingerprint density at radius 3 is 2.88 bits per heavy atom. The first kappa shape index (κ1) is 11.8. The Kier molecular flexibility index (Phi) is 3.24. The normalized spacial score (nSPS) is 13.1. The standard InChI is InChI=1S/C12H12ClNO3/c1-14(2)11(15)4-3-8-5-9(13)12-10(6-8)16-7-17-12/h3-6H,7H2,1-2H3/b4-3+. The molecule has 0 fully saturated rings. The van der Waals surface area contributed by atoms with Crippen molar-refractivity contribution in [3.8, 4) is 11.5 Å². The molecule has 5 heteroatoms. The molecular formula is C12H12ClNO3. The van der Waals surface area contributed by atoms with Crippen LogP contribution in [0.15, 0.2) is 18.2 Å². The molecule has 2 rings (SSSR count). The maximum absolute atomic E-state index is 11.4. The Balaban J connectivity index is 2.23. The highest BCUT2D eigenvalue weighted by Crippen LogP contribution is 2.39. The van der Waals surface area contributed by atoms with E-state index in [0.29, 0.717) is 16.5 Å². The van der Waals surface area contributed by atoms with Gasteiger partial charge in [0.1, 0.15) is 0 Å². The summed E-state index contributed by atoms with van der Waals surface area (Å²) in [5.41, 5.74) is 0.800. The van der Waals surface area contributed by atoms with Gasteiger partial charge in [-0.15, -0.1) is 0 Å². The maximum atomic E-state index is 11.4. The zero-order valence-electron chi connectivity index (χ0n) is 9.57. The summed E-state index contributed by atoms with van der Waals surface area (Å²) < 4.78 is 10.4. The highest BCUT2D eigenvalue weighted by molar-refractivity contribution is 6.32. The number of nitrogens with zero attached hydrogens (tertiary/aromatic N) is 1. The third kappa shape index (κ3) is 2.53. The minimum absolute atomic E-state index is 0.0845. The Morgan fingerprint density at radius 1 is 1.41 bits per heavy atom. The summed E-state index contributed by atoms with van der Waals surface area (Å²) in [4.78, 5) is 12.9. The van der Waals surface area contributed by atoms with Crippen LogP contribution in [0.25, 0.3) is 6.08 Å². The minimum Gasteiger partial charge on any atom is -0.454 e. The van der Waals surface area contributed by atoms with E-state index in [1.54, 1.807) is 32.3 Å². The smallest absolute Gasteiger partial charge is 0.246 e. The van der Waals surface area contributed by atoms with Gasteiger partial charge in [-0.05, 0) is 23.8 Å². The maximum Gasteiger partial charge on any atom is 0.246 e. The molecular weight excluding hydrogens is 242 g/mol. The Labute approximate surface area is 104 Å². The van der Waals surface area contributed by atoms with Gasteiger partial charge in [0.15, 0.2) is 11.5 Å². The van der Waals surface area contributed by atoms with Crippen LogP contribution in [0.2, 0.25) is 5.02 Å². The van der Waals surface area contributed by atoms with Gasteiger partial charge in [0.25, 0.3) is 0 Å². The first-order valence-electron chi connectivity index (χ1n) is 5.06. The number of benzene rings is 1. The zero-order valence-corrected chi connectivity index (χ0v) is 10.3. The molecule has 0 radical (unpaired) electrons. The molecule has 1 aliphatic rings. The Bertz CT molecular complexity index is 483. The molecule has 1 aliphatic heterocycles. The average Bonchev–Trinajstić information content (AvgIpc) is 2.74. The van der Waals surface area contributed by atoms with E-state index in [0.717, 1.165) is 5.56 Å². The van der Waals surface area contributed by atoms with E-state index in [-0.39, 0.29) is 12.7 Å². The van der Waals surface area contributed by atoms with Crippen molar-refractivity contribution in [3.05, 3.63) is 28.8 Å². The lowest BCUT2D eigenvalue weighted by molar-refractivity contribution is -0.123. The molecule has 1 amide bonds. The summed E-state index contributed by atoms with van der Waals surface area (Å²) in [6, 6.07) is 3.52. The molecule has 1 aromatic rings. The number of carbonyl (C=O) groups is 1. The van der Waals surface area contributed by atoms with Gasteiger partial charge in [0.2, 0.25) is 12.7 Å². The van der Waals surface area contributed by atoms with Gasteiger partial charge in [-0.3, -0.25) is 4.79 Å². The largest absolute Gasteiger partial charge is 0.454 e. The molecule has 17 heavy (non-hydrogen) atoms. The molecule has 0 aliphatic carbocycles. The lowest BCUT2D eigenvalue weighted by atomic mass is 10.2. The fourth-order valence-corrected chi connectivity index (χ4v) is 1.67. The van der Waals surface area contributed by atoms with E-state index >= 15 is 0 Å². The quantitative estimate of drug-likeness (QED) is 0.759. The topological polar surface area (TPSA) is 38.8 Å². The van der Waals surface area contributed by atoms with Crippen LogP contribution in [0.5, 0.6) is 11.5 Å². The van der Waals surface area contributed by atoms with E-state index < -0.39 is 0 Å². The predicted molar refractivity (Wildman–Crippen MR) is 65.3 cm³/mol. The summed E-state index contributed by atoms with van der Waals surface area (Å²) in [5.74, 6) is 1.08. The first-order valence-corrected chi connectivity index (χ1v) is 5.44. The number of fused-ring (bicyclic) bond motifs is 1. The number of hydrogen-bond acceptors (Lipinski definition) is 3. The Hall–Kier alpha value is -1.68. The van der Waals surface area contributed by atoms with Crippen LogP contribution in [-0.4, -0.2) is 31.7 Å². The SMILES string of the molecule is CN(C)C(=O)/C=C/c1cc(Cl)c2c(c1)OCO2. The van der Waals surface area contributed by atoms with Gasteiger partial charge in [-0.25, -0.2) is 0 Å². The number of carbonyl (C=O) groups excluding carboxylic acids is 1. The lowest BCUT2D eigenvalue weighted by Crippen LogP contribution is -2.18. The van der Waals surface area contributed by atoms with E-state index in [2.05, 4.69) is 0 Å². The van der Waals surface area contributed by atoms with Gasteiger partial charge in [0.05, 0.1) is 5.02 Å². The summed E-state index contributed by atoms with van der Waals surface area (Å²) in [6.07, 6.45) is 3.17. The first-order chi connectivity index (χ1) is 8.08. The summed E-state index contributed by atoms with van der Waals surface area (Å²) in [7, 11) is 3.39. The highest BCUT2D eigenvalue weighted by atomic mass is 35.5. The van der Waals surface area contributed by atoms with Crippen molar-refractivity contribution in [3.63, 3.8) is 0 Å². The average molecular weight is 254 g/mol. The number of halogens is 1. The molecule has 0 saturated carbocycles. The number of likely N-dealkylation sites (N-methyl/N-ethyl adjacent to an activating group) is 1. The fraction of sp³-hybridized carbons (Fsp3) is 0.250. The second kappa shape index (κ2) is 4.67. The van der Waals surface area contributed by atoms with Gasteiger partial charge in [0, 0.05) is 20.2 Å². The summed E-state index contributed by atoms with van der Waals surface area (Å²) >= 11 is 6.02. The van der Waals surface area contributed by atoms with Gasteiger partial charge in [-0.1, -0.05) is 11.6 Å². The van der Waals surface area contributed by atoms with Crippen molar-refractivity contribution in [2.45, 2.75) is 0 Å². The lowest BCUT2D eigenvalue weighted by Gasteiger charge is -2.05. The predicted octanol–water partition coefficient (Wildman–Crippen LogP) is 2.17. The van der Waals surface area contributed by atoms with Crippen molar-refractivity contribution < 1.29 is 14.3 Å². The molecule has 0 spiro atoms. The van der Waals surface area contributed by atoms with Crippen molar-refractivity contribution >= 4 is 23.6 Å². The van der Waals surface area contributed by atoms with Crippen molar-refractivity contribution in [1.29, 1.82) is 0 Å². The van der Waals surface area contributed by atoms with Crippen LogP contribution in [0.1, 0.15) is 5.56 Å². The van der Waals surface area contributed by atoms with Crippen LogP contribution in [0.3, 0.4) is 0 Å². The van der Waals surface area contributed by atoms with Crippen LogP contribution in [-0.2, 0) is 4.79 Å². The molecule has 1 aromatic carbocycles. The second-order valence-corrected chi connectivity index (χ2v) is 4.21. The van der Waals surface area contributed by atoms with Crippen molar-refractivity contribution in [2.24, 2.45) is 0 Å². The zero-order chi connectivity index (χ0) is 12.4. The molecule has 4 nitrogen and oxygen atoms in total. The second-order valence-electron chi connectivity index (χ2n) is 3.80. The number of amides is 1. The number of ether oxygens (including phenoxy) is 2. The van der Waals surface area contributed by atoms with Crippen LogP contribution in [0.4, 0.5) is 0 Å². The summed E-state index contributed by atoms with van der Waals surface area (Å²) in [6.45, 7) is 0.179. The van der Waals surface area contributed by atoms with Gasteiger partial charge < -0.3 is 14.4 Å². The minimum atomic E-state index is -0.0845. The Morgan fingerprint density at radius 2 is 2.18 bits per heavy atom. The number of rotatable bonds is 2. The monoisotopic (exact) mass is 253 g/mol. The van der Waals surface area contributed by atoms with Crippen molar-refractivity contribution in [2.75, 3.05) is 20.9 Å². The summed E-state index contributed by atoms with van der Waals surface area (Å²) in [5, 5.41) is 0.483. The molecule has 90 valence electrons. The molecule has 0 N–H and O–H groups in total. The highest BCUT2D eigenvalue weighted by Gasteiger charge is 2.17. The third-order valence-corrected chi connectivity index (χ3v) is 2.59. The van der Waals surface area contributed by atoms with E-state index in [4.69, 9.17) is 21.1 Å².